The highest BCUT2D eigenvalue weighted by molar-refractivity contribution is 9.10. The first-order chi connectivity index (χ1) is 9.08. The average Bonchev–Trinajstić information content (AvgIpc) is 2.88. The lowest BCUT2D eigenvalue weighted by Crippen LogP contribution is -3.05. The summed E-state index contributed by atoms with van der Waals surface area (Å²) in [5.74, 6) is 0. The Labute approximate surface area is 121 Å². The molecule has 1 aliphatic heterocycles. The Morgan fingerprint density at radius 2 is 2.00 bits per heavy atom. The van der Waals surface area contributed by atoms with Crippen molar-refractivity contribution in [3.05, 3.63) is 41.1 Å². The van der Waals surface area contributed by atoms with Gasteiger partial charge in [0.1, 0.15) is 6.20 Å². The van der Waals surface area contributed by atoms with Crippen molar-refractivity contribution < 1.29 is 13.3 Å². The Morgan fingerprint density at radius 3 is 2.63 bits per heavy atom. The van der Waals surface area contributed by atoms with Crippen molar-refractivity contribution in [3.63, 3.8) is 0 Å². The van der Waals surface area contributed by atoms with Gasteiger partial charge in [0.15, 0.2) is 6.34 Å². The molecule has 0 saturated heterocycles. The van der Waals surface area contributed by atoms with Gasteiger partial charge in [-0.1, -0.05) is 15.9 Å². The summed E-state index contributed by atoms with van der Waals surface area (Å²) in [5.41, 5.74) is 0. The molecule has 1 aromatic carbocycles. The maximum Gasteiger partial charge on any atom is 0.240 e. The molecule has 7 heteroatoms. The molecule has 0 fully saturated rings. The molecule has 2 N–H and O–H groups in total. The first-order valence-corrected chi connectivity index (χ1v) is 8.16. The summed E-state index contributed by atoms with van der Waals surface area (Å²) in [6.45, 7) is 1.24. The third kappa shape index (κ3) is 4.24. The number of nitrogens with one attached hydrogen (secondary N) is 2. The van der Waals surface area contributed by atoms with Crippen LogP contribution in [0.15, 0.2) is 51.0 Å². The lowest BCUT2D eigenvalue weighted by Gasteiger charge is -2.08. The summed E-state index contributed by atoms with van der Waals surface area (Å²) in [6, 6.07) is 6.58. The maximum absolute atomic E-state index is 12.0. The van der Waals surface area contributed by atoms with Gasteiger partial charge < -0.3 is 0 Å². The minimum atomic E-state index is -3.40. The van der Waals surface area contributed by atoms with Gasteiger partial charge in [-0.25, -0.2) is 18.1 Å². The molecular weight excluding hydrogens is 330 g/mol. The Bertz CT molecular complexity index is 569. The van der Waals surface area contributed by atoms with E-state index in [4.69, 9.17) is 0 Å². The maximum atomic E-state index is 12.0. The molecule has 1 heterocycles. The molecule has 0 radical (unpaired) electrons. The van der Waals surface area contributed by atoms with Crippen LogP contribution < -0.4 is 9.62 Å². The fraction of sp³-hybridized carbons (Fsp3) is 0.250. The van der Waals surface area contributed by atoms with Crippen LogP contribution in [0.4, 0.5) is 0 Å². The summed E-state index contributed by atoms with van der Waals surface area (Å²) in [5, 5.41) is 0. The molecule has 1 aromatic rings. The third-order valence-electron chi connectivity index (χ3n) is 2.67. The number of aliphatic imine (C=N–C) groups is 1. The highest BCUT2D eigenvalue weighted by Gasteiger charge is 2.13. The van der Waals surface area contributed by atoms with E-state index < -0.39 is 10.0 Å². The van der Waals surface area contributed by atoms with E-state index in [9.17, 15) is 8.42 Å². The first kappa shape index (κ1) is 14.4. The Hall–Kier alpha value is -1.02. The van der Waals surface area contributed by atoms with Crippen molar-refractivity contribution in [3.8, 4) is 0 Å². The fourth-order valence-electron chi connectivity index (χ4n) is 1.66. The van der Waals surface area contributed by atoms with Crippen LogP contribution in [0.1, 0.15) is 6.42 Å². The largest absolute Gasteiger partial charge is 0.265 e. The van der Waals surface area contributed by atoms with Crippen LogP contribution in [-0.4, -0.2) is 27.8 Å². The zero-order valence-corrected chi connectivity index (χ0v) is 12.6. The summed E-state index contributed by atoms with van der Waals surface area (Å²) in [6.07, 6.45) is 6.22. The van der Waals surface area contributed by atoms with E-state index in [0.29, 0.717) is 6.54 Å². The predicted octanol–water partition coefficient (Wildman–Crippen LogP) is 0.516. The van der Waals surface area contributed by atoms with Gasteiger partial charge in [-0.3, -0.25) is 4.90 Å². The van der Waals surface area contributed by atoms with E-state index in [0.717, 1.165) is 22.3 Å². The Kier molecular flexibility index (Phi) is 4.87. The number of nitrogens with zero attached hydrogens (tertiary/aromatic N) is 1. The topological polar surface area (TPSA) is 63.0 Å². The summed E-state index contributed by atoms with van der Waals surface area (Å²) in [4.78, 5) is 5.37. The fourth-order valence-corrected chi connectivity index (χ4v) is 3.00. The standard InChI is InChI=1S/C12H14BrN3O2S/c13-11-2-4-12(5-3-11)19(17,18)15-6-1-8-16-9-7-14-10-16/h2-5,7,9-10,15H,1,6,8H2/p+1. The molecule has 102 valence electrons. The normalized spacial score (nSPS) is 18.1. The quantitative estimate of drug-likeness (QED) is 0.739. The van der Waals surface area contributed by atoms with Crippen LogP contribution in [-0.2, 0) is 10.0 Å². The van der Waals surface area contributed by atoms with Gasteiger partial charge in [-0.15, -0.1) is 0 Å². The second kappa shape index (κ2) is 6.42. The molecule has 0 bridgehead atoms. The van der Waals surface area contributed by atoms with Crippen molar-refractivity contribution in [2.24, 2.45) is 4.99 Å². The molecule has 2 rings (SSSR count). The van der Waals surface area contributed by atoms with E-state index in [1.54, 1.807) is 36.8 Å². The molecule has 0 aliphatic carbocycles. The minimum Gasteiger partial charge on any atom is -0.265 e. The van der Waals surface area contributed by atoms with Gasteiger partial charge in [0, 0.05) is 17.4 Å². The SMILES string of the molecule is O=S(=O)(NCCC[NH+]1C=CN=C1)c1ccc(Br)cc1. The van der Waals surface area contributed by atoms with E-state index >= 15 is 0 Å². The van der Waals surface area contributed by atoms with Crippen molar-refractivity contribution in [2.45, 2.75) is 11.3 Å². The first-order valence-electron chi connectivity index (χ1n) is 5.89. The molecule has 0 amide bonds. The molecule has 0 saturated carbocycles. The van der Waals surface area contributed by atoms with Crippen LogP contribution in [0.25, 0.3) is 0 Å². The lowest BCUT2D eigenvalue weighted by atomic mass is 10.4. The summed E-state index contributed by atoms with van der Waals surface area (Å²) < 4.78 is 27.4. The molecular formula is C12H15BrN3O2S+. The van der Waals surface area contributed by atoms with Crippen LogP contribution >= 0.6 is 15.9 Å². The predicted molar refractivity (Wildman–Crippen MR) is 77.4 cm³/mol. The highest BCUT2D eigenvalue weighted by atomic mass is 79.9. The molecule has 1 atom stereocenters. The van der Waals surface area contributed by atoms with E-state index in [1.807, 2.05) is 6.20 Å². The van der Waals surface area contributed by atoms with Crippen molar-refractivity contribution >= 4 is 32.3 Å². The Morgan fingerprint density at radius 1 is 1.26 bits per heavy atom. The molecule has 5 nitrogen and oxygen atoms in total. The van der Waals surface area contributed by atoms with Gasteiger partial charge in [-0.2, -0.15) is 0 Å². The number of rotatable bonds is 6. The molecule has 1 aliphatic rings. The van der Waals surface area contributed by atoms with Crippen molar-refractivity contribution in [1.82, 2.24) is 4.72 Å². The lowest BCUT2D eigenvalue weighted by molar-refractivity contribution is -0.736. The van der Waals surface area contributed by atoms with Crippen LogP contribution in [0.2, 0.25) is 0 Å². The van der Waals surface area contributed by atoms with E-state index in [1.165, 1.54) is 0 Å². The number of hydrogen-bond acceptors (Lipinski definition) is 3. The monoisotopic (exact) mass is 344 g/mol. The average molecular weight is 345 g/mol. The summed E-state index contributed by atoms with van der Waals surface area (Å²) in [7, 11) is -3.40. The van der Waals surface area contributed by atoms with E-state index in [2.05, 4.69) is 25.6 Å². The highest BCUT2D eigenvalue weighted by Crippen LogP contribution is 2.14. The van der Waals surface area contributed by atoms with Gasteiger partial charge in [0.25, 0.3) is 0 Å². The second-order valence-electron chi connectivity index (χ2n) is 4.12. The zero-order valence-electron chi connectivity index (χ0n) is 10.2. The van der Waals surface area contributed by atoms with Crippen LogP contribution in [0, 0.1) is 0 Å². The van der Waals surface area contributed by atoms with E-state index in [-0.39, 0.29) is 4.90 Å². The molecule has 0 aromatic heterocycles. The smallest absolute Gasteiger partial charge is 0.240 e. The summed E-state index contributed by atoms with van der Waals surface area (Å²) >= 11 is 3.28. The number of sulfonamides is 1. The van der Waals surface area contributed by atoms with Gasteiger partial charge >= 0.3 is 0 Å². The number of benzene rings is 1. The van der Waals surface area contributed by atoms with Gasteiger partial charge in [0.2, 0.25) is 10.0 Å². The van der Waals surface area contributed by atoms with Gasteiger partial charge in [-0.05, 0) is 24.3 Å². The zero-order chi connectivity index (χ0) is 13.7. The van der Waals surface area contributed by atoms with Crippen molar-refractivity contribution in [1.29, 1.82) is 0 Å². The molecule has 0 spiro atoms. The number of quaternary nitrogens is 1. The number of hydrogen-bond donors (Lipinski definition) is 2. The van der Waals surface area contributed by atoms with Crippen LogP contribution in [0.5, 0.6) is 0 Å². The minimum absolute atomic E-state index is 0.283. The third-order valence-corrected chi connectivity index (χ3v) is 4.68. The van der Waals surface area contributed by atoms with Gasteiger partial charge in [0.05, 0.1) is 17.6 Å². The molecule has 1 unspecified atom stereocenters. The second-order valence-corrected chi connectivity index (χ2v) is 6.81. The number of halogens is 1. The van der Waals surface area contributed by atoms with Crippen molar-refractivity contribution in [2.75, 3.05) is 13.1 Å². The molecule has 19 heavy (non-hydrogen) atoms. The Balaban J connectivity index is 1.82. The van der Waals surface area contributed by atoms with Crippen LogP contribution in [0.3, 0.4) is 0 Å².